The molecule has 1 rings (SSSR count). The number of hydrogen-bond donors (Lipinski definition) is 0. The Morgan fingerprint density at radius 1 is 1.15 bits per heavy atom. The van der Waals surface area contributed by atoms with Crippen LogP contribution in [0.15, 0.2) is 18.2 Å². The third-order valence-electron chi connectivity index (χ3n) is 1.82. The Bertz CT molecular complexity index is 279. The van der Waals surface area contributed by atoms with E-state index in [2.05, 4.69) is 19.9 Å². The standard InChI is InChI=1S/C11H14Cl2/c1-8(2)3-9-4-10(7-12)6-11(13)5-9/h4-6,8H,3,7H2,1-2H3. The molecule has 0 aliphatic carbocycles. The zero-order valence-electron chi connectivity index (χ0n) is 7.98. The van der Waals surface area contributed by atoms with E-state index in [4.69, 9.17) is 23.2 Å². The average Bonchev–Trinajstić information content (AvgIpc) is 2.01. The van der Waals surface area contributed by atoms with Crippen molar-refractivity contribution in [2.75, 3.05) is 0 Å². The van der Waals surface area contributed by atoms with Crippen LogP contribution in [0.1, 0.15) is 25.0 Å². The summed E-state index contributed by atoms with van der Waals surface area (Å²) in [6.07, 6.45) is 1.06. The maximum absolute atomic E-state index is 5.95. The molecule has 0 aliphatic heterocycles. The Balaban J connectivity index is 2.88. The first-order valence-electron chi connectivity index (χ1n) is 4.46. The average molecular weight is 217 g/mol. The van der Waals surface area contributed by atoms with Gasteiger partial charge in [-0.2, -0.15) is 0 Å². The van der Waals surface area contributed by atoms with Crippen molar-refractivity contribution < 1.29 is 0 Å². The van der Waals surface area contributed by atoms with E-state index in [1.54, 1.807) is 0 Å². The van der Waals surface area contributed by atoms with Gasteiger partial charge in [-0.3, -0.25) is 0 Å². The van der Waals surface area contributed by atoms with Gasteiger partial charge in [-0.05, 0) is 35.6 Å². The molecule has 0 fully saturated rings. The highest BCUT2D eigenvalue weighted by molar-refractivity contribution is 6.30. The number of halogens is 2. The van der Waals surface area contributed by atoms with Crippen LogP contribution in [-0.4, -0.2) is 0 Å². The second-order valence-corrected chi connectivity index (χ2v) is 4.40. The maximum Gasteiger partial charge on any atom is 0.0474 e. The van der Waals surface area contributed by atoms with Crippen LogP contribution in [0.5, 0.6) is 0 Å². The maximum atomic E-state index is 5.95. The first-order chi connectivity index (χ1) is 6.11. The summed E-state index contributed by atoms with van der Waals surface area (Å²) in [5.74, 6) is 1.19. The van der Waals surface area contributed by atoms with Crippen LogP contribution < -0.4 is 0 Å². The molecule has 0 saturated heterocycles. The van der Waals surface area contributed by atoms with E-state index in [0.29, 0.717) is 11.8 Å². The molecule has 0 aliphatic rings. The fourth-order valence-corrected chi connectivity index (χ4v) is 1.82. The van der Waals surface area contributed by atoms with Crippen molar-refractivity contribution in [1.29, 1.82) is 0 Å². The Morgan fingerprint density at radius 2 is 1.77 bits per heavy atom. The van der Waals surface area contributed by atoms with Gasteiger partial charge in [0.15, 0.2) is 0 Å². The third-order valence-corrected chi connectivity index (χ3v) is 2.34. The summed E-state index contributed by atoms with van der Waals surface area (Å²) in [5, 5.41) is 0.786. The first kappa shape index (κ1) is 10.9. The van der Waals surface area contributed by atoms with Gasteiger partial charge in [0.25, 0.3) is 0 Å². The smallest absolute Gasteiger partial charge is 0.0474 e. The molecule has 0 atom stereocenters. The normalized spacial score (nSPS) is 10.8. The summed E-state index contributed by atoms with van der Waals surface area (Å²) in [5.41, 5.74) is 2.38. The second kappa shape index (κ2) is 4.88. The highest BCUT2D eigenvalue weighted by Gasteiger charge is 2.01. The molecule has 0 heterocycles. The Morgan fingerprint density at radius 3 is 2.31 bits per heavy atom. The molecule has 0 aromatic heterocycles. The zero-order valence-corrected chi connectivity index (χ0v) is 9.49. The van der Waals surface area contributed by atoms with Crippen molar-refractivity contribution in [3.05, 3.63) is 34.3 Å². The lowest BCUT2D eigenvalue weighted by atomic mass is 10.0. The molecule has 0 unspecified atom stereocenters. The molecule has 0 nitrogen and oxygen atoms in total. The van der Waals surface area contributed by atoms with E-state index in [1.165, 1.54) is 5.56 Å². The van der Waals surface area contributed by atoms with Gasteiger partial charge in [0.2, 0.25) is 0 Å². The van der Waals surface area contributed by atoms with Crippen molar-refractivity contribution in [3.63, 3.8) is 0 Å². The van der Waals surface area contributed by atoms with Crippen molar-refractivity contribution in [3.8, 4) is 0 Å². The molecule has 0 bridgehead atoms. The fourth-order valence-electron chi connectivity index (χ4n) is 1.38. The largest absolute Gasteiger partial charge is 0.122 e. The van der Waals surface area contributed by atoms with Crippen molar-refractivity contribution >= 4 is 23.2 Å². The number of hydrogen-bond acceptors (Lipinski definition) is 0. The minimum Gasteiger partial charge on any atom is -0.122 e. The van der Waals surface area contributed by atoms with Gasteiger partial charge in [-0.25, -0.2) is 0 Å². The molecule has 0 N–H and O–H groups in total. The molecule has 0 spiro atoms. The second-order valence-electron chi connectivity index (χ2n) is 3.70. The van der Waals surface area contributed by atoms with E-state index in [-0.39, 0.29) is 0 Å². The molecule has 13 heavy (non-hydrogen) atoms. The van der Waals surface area contributed by atoms with E-state index in [0.717, 1.165) is 17.0 Å². The quantitative estimate of drug-likeness (QED) is 0.663. The Kier molecular flexibility index (Phi) is 4.08. The minimum absolute atomic E-state index is 0.533. The lowest BCUT2D eigenvalue weighted by Gasteiger charge is -2.07. The predicted octanol–water partition coefficient (Wildman–Crippen LogP) is 4.28. The Labute approximate surface area is 89.9 Å². The molecule has 72 valence electrons. The summed E-state index contributed by atoms with van der Waals surface area (Å²) >= 11 is 11.7. The van der Waals surface area contributed by atoms with E-state index in [1.807, 2.05) is 12.1 Å². The predicted molar refractivity (Wildman–Crippen MR) is 59.6 cm³/mol. The number of alkyl halides is 1. The lowest BCUT2D eigenvalue weighted by Crippen LogP contribution is -1.94. The van der Waals surface area contributed by atoms with Crippen molar-refractivity contribution in [2.45, 2.75) is 26.1 Å². The zero-order chi connectivity index (χ0) is 9.84. The molecule has 1 aromatic carbocycles. The molecule has 0 radical (unpaired) electrons. The van der Waals surface area contributed by atoms with E-state index in [9.17, 15) is 0 Å². The topological polar surface area (TPSA) is 0 Å². The molecule has 2 heteroatoms. The summed E-state index contributed by atoms with van der Waals surface area (Å²) in [6, 6.07) is 6.05. The van der Waals surface area contributed by atoms with E-state index >= 15 is 0 Å². The van der Waals surface area contributed by atoms with E-state index < -0.39 is 0 Å². The van der Waals surface area contributed by atoms with Gasteiger partial charge < -0.3 is 0 Å². The highest BCUT2D eigenvalue weighted by Crippen LogP contribution is 2.18. The summed E-state index contributed by atoms with van der Waals surface area (Å²) in [6.45, 7) is 4.39. The summed E-state index contributed by atoms with van der Waals surface area (Å²) < 4.78 is 0. The van der Waals surface area contributed by atoms with Crippen LogP contribution >= 0.6 is 23.2 Å². The van der Waals surface area contributed by atoms with Gasteiger partial charge in [-0.15, -0.1) is 11.6 Å². The SMILES string of the molecule is CC(C)Cc1cc(Cl)cc(CCl)c1. The summed E-state index contributed by atoms with van der Waals surface area (Å²) in [4.78, 5) is 0. The van der Waals surface area contributed by atoms with Gasteiger partial charge >= 0.3 is 0 Å². The van der Waals surface area contributed by atoms with Crippen LogP contribution in [0.3, 0.4) is 0 Å². The highest BCUT2D eigenvalue weighted by atomic mass is 35.5. The lowest BCUT2D eigenvalue weighted by molar-refractivity contribution is 0.647. The molecular weight excluding hydrogens is 203 g/mol. The van der Waals surface area contributed by atoms with Crippen LogP contribution in [-0.2, 0) is 12.3 Å². The molecule has 1 aromatic rings. The van der Waals surface area contributed by atoms with Crippen molar-refractivity contribution in [2.24, 2.45) is 5.92 Å². The first-order valence-corrected chi connectivity index (χ1v) is 5.37. The van der Waals surface area contributed by atoms with Crippen LogP contribution in [0.25, 0.3) is 0 Å². The monoisotopic (exact) mass is 216 g/mol. The van der Waals surface area contributed by atoms with Gasteiger partial charge in [0, 0.05) is 10.9 Å². The van der Waals surface area contributed by atoms with Crippen LogP contribution in [0.2, 0.25) is 5.02 Å². The number of benzene rings is 1. The van der Waals surface area contributed by atoms with Crippen LogP contribution in [0, 0.1) is 5.92 Å². The van der Waals surface area contributed by atoms with Crippen LogP contribution in [0.4, 0.5) is 0 Å². The molecule has 0 amide bonds. The third kappa shape index (κ3) is 3.58. The van der Waals surface area contributed by atoms with Gasteiger partial charge in [-0.1, -0.05) is 31.5 Å². The van der Waals surface area contributed by atoms with Gasteiger partial charge in [0.1, 0.15) is 0 Å². The molecular formula is C11H14Cl2. The fraction of sp³-hybridized carbons (Fsp3) is 0.455. The summed E-state index contributed by atoms with van der Waals surface area (Å²) in [7, 11) is 0. The number of rotatable bonds is 3. The minimum atomic E-state index is 0.533. The van der Waals surface area contributed by atoms with Gasteiger partial charge in [0.05, 0.1) is 0 Å². The molecule has 0 saturated carbocycles. The Hall–Kier alpha value is -0.200. The van der Waals surface area contributed by atoms with Crippen molar-refractivity contribution in [1.82, 2.24) is 0 Å².